The van der Waals surface area contributed by atoms with Gasteiger partial charge < -0.3 is 9.47 Å². The lowest BCUT2D eigenvalue weighted by Crippen LogP contribution is -2.39. The summed E-state index contributed by atoms with van der Waals surface area (Å²) in [5, 5.41) is 2.72. The molecule has 0 aliphatic carbocycles. The zero-order chi connectivity index (χ0) is 11.5. The number of ether oxygens (including phenoxy) is 2. The molecule has 0 atom stereocenters. The van der Waals surface area contributed by atoms with Crippen molar-refractivity contribution in [2.45, 2.75) is 33.3 Å². The number of carbonyl (C=O) groups excluding carboxylic acids is 1. The van der Waals surface area contributed by atoms with Crippen molar-refractivity contribution in [3.63, 3.8) is 0 Å². The maximum atomic E-state index is 11.5. The van der Waals surface area contributed by atoms with Crippen LogP contribution >= 0.6 is 11.3 Å². The Morgan fingerprint density at radius 1 is 1.53 bits per heavy atom. The Labute approximate surface area is 94.0 Å². The van der Waals surface area contributed by atoms with Gasteiger partial charge in [0.05, 0.1) is 6.61 Å². The van der Waals surface area contributed by atoms with Crippen molar-refractivity contribution in [2.75, 3.05) is 6.61 Å². The predicted molar refractivity (Wildman–Crippen MR) is 60.4 cm³/mol. The molecule has 0 aromatic carbocycles. The molecule has 0 amide bonds. The first-order valence-electron chi connectivity index (χ1n) is 4.87. The lowest BCUT2D eigenvalue weighted by Gasteiger charge is -2.22. The fraction of sp³-hybridized carbons (Fsp3) is 0.545. The van der Waals surface area contributed by atoms with Crippen molar-refractivity contribution >= 4 is 17.3 Å². The molecule has 0 aliphatic rings. The molecule has 1 heterocycles. The van der Waals surface area contributed by atoms with E-state index in [-0.39, 0.29) is 5.97 Å². The summed E-state index contributed by atoms with van der Waals surface area (Å²) in [5.74, 6) is -0.337. The molecule has 0 unspecified atom stereocenters. The number of hydrogen-bond donors (Lipinski definition) is 0. The number of esters is 1. The molecule has 1 rings (SSSR count). The van der Waals surface area contributed by atoms with Gasteiger partial charge in [-0.15, -0.1) is 11.3 Å². The van der Waals surface area contributed by atoms with E-state index in [9.17, 15) is 4.79 Å². The second-order valence-corrected chi connectivity index (χ2v) is 4.65. The van der Waals surface area contributed by atoms with Crippen molar-refractivity contribution in [3.05, 3.63) is 17.0 Å². The predicted octanol–water partition coefficient (Wildman–Crippen LogP) is 2.78. The Balaban J connectivity index is 2.67. The maximum absolute atomic E-state index is 11.5. The number of carbonyl (C=O) groups is 1. The van der Waals surface area contributed by atoms with Crippen molar-refractivity contribution in [1.82, 2.24) is 0 Å². The Bertz CT molecular complexity index is 341. The monoisotopic (exact) mass is 228 g/mol. The highest BCUT2D eigenvalue weighted by molar-refractivity contribution is 7.12. The number of rotatable bonds is 4. The molecule has 0 saturated heterocycles. The van der Waals surface area contributed by atoms with Gasteiger partial charge in [-0.05, 0) is 44.7 Å². The van der Waals surface area contributed by atoms with E-state index in [1.54, 1.807) is 20.8 Å². The number of aryl methyl sites for hydroxylation is 1. The van der Waals surface area contributed by atoms with Crippen molar-refractivity contribution in [3.8, 4) is 5.06 Å². The number of thiophene rings is 1. The SMILES string of the molecule is CCOC(=O)C(C)(C)Oc1cc(C)cs1. The van der Waals surface area contributed by atoms with Crippen LogP contribution in [-0.4, -0.2) is 18.2 Å². The molecule has 0 saturated carbocycles. The molecule has 0 radical (unpaired) electrons. The molecule has 0 N–H and O–H groups in total. The minimum absolute atomic E-state index is 0.337. The van der Waals surface area contributed by atoms with Crippen LogP contribution in [-0.2, 0) is 9.53 Å². The molecule has 0 aliphatic heterocycles. The minimum Gasteiger partial charge on any atom is -0.467 e. The second kappa shape index (κ2) is 4.66. The molecular weight excluding hydrogens is 212 g/mol. The van der Waals surface area contributed by atoms with Gasteiger partial charge in [-0.1, -0.05) is 0 Å². The van der Waals surface area contributed by atoms with E-state index in [1.807, 2.05) is 18.4 Å². The van der Waals surface area contributed by atoms with Crippen LogP contribution in [0.2, 0.25) is 0 Å². The third-order valence-corrected chi connectivity index (χ3v) is 2.75. The smallest absolute Gasteiger partial charge is 0.349 e. The van der Waals surface area contributed by atoms with Crippen LogP contribution in [0.1, 0.15) is 26.3 Å². The van der Waals surface area contributed by atoms with Gasteiger partial charge in [-0.25, -0.2) is 4.79 Å². The van der Waals surface area contributed by atoms with E-state index >= 15 is 0 Å². The average molecular weight is 228 g/mol. The summed E-state index contributed by atoms with van der Waals surface area (Å²) in [6.45, 7) is 7.55. The highest BCUT2D eigenvalue weighted by Crippen LogP contribution is 2.27. The van der Waals surface area contributed by atoms with Crippen LogP contribution < -0.4 is 4.74 Å². The third-order valence-electron chi connectivity index (χ3n) is 1.83. The van der Waals surface area contributed by atoms with E-state index in [4.69, 9.17) is 9.47 Å². The van der Waals surface area contributed by atoms with Gasteiger partial charge >= 0.3 is 5.97 Å². The zero-order valence-electron chi connectivity index (χ0n) is 9.49. The third kappa shape index (κ3) is 3.23. The normalized spacial score (nSPS) is 11.2. The van der Waals surface area contributed by atoms with Gasteiger partial charge in [0, 0.05) is 0 Å². The summed E-state index contributed by atoms with van der Waals surface area (Å²) in [4.78, 5) is 11.5. The first kappa shape index (κ1) is 12.0. The topological polar surface area (TPSA) is 35.5 Å². The molecule has 4 heteroatoms. The van der Waals surface area contributed by atoms with Crippen molar-refractivity contribution < 1.29 is 14.3 Å². The Kier molecular flexibility index (Phi) is 3.74. The summed E-state index contributed by atoms with van der Waals surface area (Å²) in [6.07, 6.45) is 0. The standard InChI is InChI=1S/C11H16O3S/c1-5-13-10(12)11(3,4)14-9-6-8(2)7-15-9/h6-7H,5H2,1-4H3. The molecule has 0 bridgehead atoms. The Hall–Kier alpha value is -1.03. The molecule has 0 spiro atoms. The molecule has 1 aromatic rings. The van der Waals surface area contributed by atoms with E-state index in [1.165, 1.54) is 11.3 Å². The fourth-order valence-corrected chi connectivity index (χ4v) is 1.94. The average Bonchev–Trinajstić information content (AvgIpc) is 2.50. The summed E-state index contributed by atoms with van der Waals surface area (Å²) in [7, 11) is 0. The van der Waals surface area contributed by atoms with Crippen LogP contribution in [0.25, 0.3) is 0 Å². The van der Waals surface area contributed by atoms with Crippen LogP contribution in [0.15, 0.2) is 11.4 Å². The van der Waals surface area contributed by atoms with Gasteiger partial charge in [0.15, 0.2) is 5.06 Å². The van der Waals surface area contributed by atoms with Crippen LogP contribution in [0.4, 0.5) is 0 Å². The van der Waals surface area contributed by atoms with E-state index < -0.39 is 5.60 Å². The minimum atomic E-state index is -0.923. The molecule has 84 valence electrons. The summed E-state index contributed by atoms with van der Waals surface area (Å²) in [6, 6.07) is 1.91. The van der Waals surface area contributed by atoms with Crippen LogP contribution in [0.5, 0.6) is 5.06 Å². The lowest BCUT2D eigenvalue weighted by molar-refractivity contribution is -0.158. The van der Waals surface area contributed by atoms with E-state index in [2.05, 4.69) is 0 Å². The summed E-state index contributed by atoms with van der Waals surface area (Å²) < 4.78 is 10.5. The van der Waals surface area contributed by atoms with Crippen LogP contribution in [0, 0.1) is 6.92 Å². The molecule has 0 fully saturated rings. The highest BCUT2D eigenvalue weighted by atomic mass is 32.1. The fourth-order valence-electron chi connectivity index (χ4n) is 1.06. The van der Waals surface area contributed by atoms with Gasteiger partial charge in [-0.3, -0.25) is 0 Å². The quantitative estimate of drug-likeness (QED) is 0.743. The largest absolute Gasteiger partial charge is 0.467 e. The van der Waals surface area contributed by atoms with E-state index in [0.717, 1.165) is 10.6 Å². The lowest BCUT2D eigenvalue weighted by atomic mass is 10.1. The van der Waals surface area contributed by atoms with E-state index in [0.29, 0.717) is 6.61 Å². The van der Waals surface area contributed by atoms with Crippen molar-refractivity contribution in [2.24, 2.45) is 0 Å². The van der Waals surface area contributed by atoms with Crippen LogP contribution in [0.3, 0.4) is 0 Å². The molecule has 15 heavy (non-hydrogen) atoms. The molecule has 3 nitrogen and oxygen atoms in total. The van der Waals surface area contributed by atoms with Crippen molar-refractivity contribution in [1.29, 1.82) is 0 Å². The van der Waals surface area contributed by atoms with Gasteiger partial charge in [0.25, 0.3) is 0 Å². The molecule has 1 aromatic heterocycles. The zero-order valence-corrected chi connectivity index (χ0v) is 10.3. The van der Waals surface area contributed by atoms with Gasteiger partial charge in [0.2, 0.25) is 5.60 Å². The molecular formula is C11H16O3S. The Morgan fingerprint density at radius 2 is 2.20 bits per heavy atom. The second-order valence-electron chi connectivity index (χ2n) is 3.78. The van der Waals surface area contributed by atoms with Gasteiger partial charge in [-0.2, -0.15) is 0 Å². The van der Waals surface area contributed by atoms with Gasteiger partial charge in [0.1, 0.15) is 0 Å². The number of hydrogen-bond acceptors (Lipinski definition) is 4. The maximum Gasteiger partial charge on any atom is 0.349 e. The highest BCUT2D eigenvalue weighted by Gasteiger charge is 2.31. The summed E-state index contributed by atoms with van der Waals surface area (Å²) in [5.41, 5.74) is 0.211. The first-order chi connectivity index (χ1) is 6.95. The summed E-state index contributed by atoms with van der Waals surface area (Å²) >= 11 is 1.48. The first-order valence-corrected chi connectivity index (χ1v) is 5.75. The Morgan fingerprint density at radius 3 is 2.67 bits per heavy atom.